The van der Waals surface area contributed by atoms with Gasteiger partial charge in [-0.2, -0.15) is 0 Å². The molecule has 0 amide bonds. The first-order valence-electron chi connectivity index (χ1n) is 23.2. The summed E-state index contributed by atoms with van der Waals surface area (Å²) in [6.45, 7) is 0. The van der Waals surface area contributed by atoms with E-state index < -0.39 is 5.41 Å². The number of hydrogen-bond donors (Lipinski definition) is 0. The average molecular weight is 868 g/mol. The quantitative estimate of drug-likeness (QED) is 0.160. The normalized spacial score (nSPS) is 12.8. The molecule has 2 aromatic heterocycles. The van der Waals surface area contributed by atoms with Gasteiger partial charge in [0.15, 0.2) is 11.6 Å². The van der Waals surface area contributed by atoms with E-state index >= 15 is 0 Å². The summed E-state index contributed by atoms with van der Waals surface area (Å²) in [6.07, 6.45) is 0. The van der Waals surface area contributed by atoms with Crippen molar-refractivity contribution in [2.24, 2.45) is 0 Å². The zero-order valence-electron chi connectivity index (χ0n) is 36.9. The Balaban J connectivity index is 0.877. The van der Waals surface area contributed by atoms with E-state index in [4.69, 9.17) is 10.2 Å². The van der Waals surface area contributed by atoms with E-state index in [2.05, 4.69) is 263 Å². The second-order valence-electron chi connectivity index (χ2n) is 17.8. The number of hydrogen-bond acceptors (Lipinski definition) is 3. The second kappa shape index (κ2) is 15.0. The molecule has 1 spiro atoms. The predicted octanol–water partition coefficient (Wildman–Crippen LogP) is 15.5. The Kier molecular flexibility index (Phi) is 8.43. The van der Waals surface area contributed by atoms with E-state index in [1.54, 1.807) is 0 Å². The molecule has 2 aliphatic carbocycles. The lowest BCUT2D eigenvalue weighted by Crippen LogP contribution is -2.25. The van der Waals surface area contributed by atoms with Crippen molar-refractivity contribution < 1.29 is 0 Å². The summed E-state index contributed by atoms with van der Waals surface area (Å²) in [5.41, 5.74) is 19.5. The van der Waals surface area contributed by atoms with E-state index in [9.17, 15) is 0 Å². The molecule has 2 aliphatic rings. The van der Waals surface area contributed by atoms with Gasteiger partial charge in [0, 0.05) is 50.3 Å². The predicted molar refractivity (Wildman–Crippen MR) is 278 cm³/mol. The van der Waals surface area contributed by atoms with Crippen molar-refractivity contribution in [3.05, 3.63) is 271 Å². The highest BCUT2D eigenvalue weighted by Crippen LogP contribution is 2.63. The van der Waals surface area contributed by atoms with Gasteiger partial charge in [0.1, 0.15) is 0 Å². The van der Waals surface area contributed by atoms with E-state index in [0.29, 0.717) is 0 Å². The molecule has 0 fully saturated rings. The maximum absolute atomic E-state index is 5.04. The summed E-state index contributed by atoms with van der Waals surface area (Å²) < 4.78 is 4.57. The molecule has 0 saturated carbocycles. The fourth-order valence-corrected chi connectivity index (χ4v) is 11.4. The Labute approximate surface area is 394 Å². The van der Waals surface area contributed by atoms with Gasteiger partial charge >= 0.3 is 0 Å². The van der Waals surface area contributed by atoms with Gasteiger partial charge in [0.05, 0.1) is 16.4 Å². The van der Waals surface area contributed by atoms with E-state index in [1.807, 2.05) is 0 Å². The third-order valence-corrected chi connectivity index (χ3v) is 14.3. The lowest BCUT2D eigenvalue weighted by Gasteiger charge is -2.30. The molecule has 5 heteroatoms. The van der Waals surface area contributed by atoms with Crippen LogP contribution in [0.2, 0.25) is 0 Å². The number of aromatic nitrogens is 4. The first kappa shape index (κ1) is 38.2. The minimum Gasteiger partial charge on any atom is -0.311 e. The molecule has 0 atom stereocenters. The summed E-state index contributed by atoms with van der Waals surface area (Å²) in [6, 6.07) is 89.7. The van der Waals surface area contributed by atoms with Crippen LogP contribution in [-0.4, -0.2) is 19.3 Å². The molecular formula is C63H41N5. The molecule has 0 radical (unpaired) electrons. The Morgan fingerprint density at radius 3 is 1.29 bits per heavy atom. The average Bonchev–Trinajstić information content (AvgIpc) is 4.16. The maximum atomic E-state index is 5.04. The molecule has 14 rings (SSSR count). The lowest BCUT2D eigenvalue weighted by molar-refractivity contribution is 0.794. The molecule has 12 aromatic rings. The molecule has 318 valence electrons. The fourth-order valence-electron chi connectivity index (χ4n) is 11.4. The molecule has 10 aromatic carbocycles. The smallest absolute Gasteiger partial charge is 0.168 e. The molecule has 5 nitrogen and oxygen atoms in total. The first-order valence-corrected chi connectivity index (χ1v) is 23.2. The van der Waals surface area contributed by atoms with Crippen LogP contribution in [0, 0.1) is 0 Å². The Hall–Kier alpha value is -9.06. The van der Waals surface area contributed by atoms with E-state index in [1.165, 1.54) is 66.3 Å². The van der Waals surface area contributed by atoms with E-state index in [0.717, 1.165) is 51.2 Å². The minimum atomic E-state index is -0.457. The van der Waals surface area contributed by atoms with Gasteiger partial charge in [-0.1, -0.05) is 158 Å². The van der Waals surface area contributed by atoms with Crippen LogP contribution < -0.4 is 4.90 Å². The number of benzene rings is 10. The van der Waals surface area contributed by atoms with Gasteiger partial charge < -0.3 is 9.47 Å². The summed E-state index contributed by atoms with van der Waals surface area (Å²) >= 11 is 0. The molecule has 68 heavy (non-hydrogen) atoms. The number of anilines is 3. The monoisotopic (exact) mass is 867 g/mol. The van der Waals surface area contributed by atoms with Crippen LogP contribution in [0.3, 0.4) is 0 Å². The van der Waals surface area contributed by atoms with Crippen LogP contribution >= 0.6 is 0 Å². The third kappa shape index (κ3) is 5.50. The van der Waals surface area contributed by atoms with Crippen LogP contribution in [0.5, 0.6) is 0 Å². The standard InChI is InChI=1S/C63H41N5/c1-3-17-44(18-4-1)66(47-36-38-48(39-37-47)67-59-29-15-10-24-53(59)54-25-11-16-30-60(54)67)46-34-31-42(32-35-46)61-64-65-62(68(61)45-19-5-2-6-20-45)43-33-40-52-51-23-9-14-28-57(51)63(58(52)41-43)55-26-12-7-21-49(55)50-22-8-13-27-56(50)63/h1-41H. The summed E-state index contributed by atoms with van der Waals surface area (Å²) in [4.78, 5) is 2.31. The Morgan fingerprint density at radius 1 is 0.309 bits per heavy atom. The highest BCUT2D eigenvalue weighted by molar-refractivity contribution is 6.09. The number of rotatable bonds is 7. The fraction of sp³-hybridized carbons (Fsp3) is 0.0159. The summed E-state index contributed by atoms with van der Waals surface area (Å²) in [5, 5.41) is 12.5. The van der Waals surface area contributed by atoms with Gasteiger partial charge in [0.2, 0.25) is 0 Å². The lowest BCUT2D eigenvalue weighted by atomic mass is 9.70. The highest BCUT2D eigenvalue weighted by Gasteiger charge is 2.51. The molecule has 0 N–H and O–H groups in total. The van der Waals surface area contributed by atoms with Crippen LogP contribution in [0.25, 0.3) is 78.2 Å². The van der Waals surface area contributed by atoms with Crippen molar-refractivity contribution in [3.8, 4) is 56.4 Å². The third-order valence-electron chi connectivity index (χ3n) is 14.3. The first-order chi connectivity index (χ1) is 33.8. The van der Waals surface area contributed by atoms with Crippen molar-refractivity contribution in [2.45, 2.75) is 5.41 Å². The molecular weight excluding hydrogens is 827 g/mol. The van der Waals surface area contributed by atoms with Gasteiger partial charge in [0.25, 0.3) is 0 Å². The topological polar surface area (TPSA) is 38.9 Å². The summed E-state index contributed by atoms with van der Waals surface area (Å²) in [5.74, 6) is 1.56. The van der Waals surface area contributed by atoms with Crippen molar-refractivity contribution in [2.75, 3.05) is 4.90 Å². The van der Waals surface area contributed by atoms with Gasteiger partial charge in [-0.25, -0.2) is 0 Å². The van der Waals surface area contributed by atoms with Gasteiger partial charge in [-0.05, 0) is 136 Å². The molecule has 0 bridgehead atoms. The largest absolute Gasteiger partial charge is 0.311 e. The van der Waals surface area contributed by atoms with Crippen LogP contribution in [0.15, 0.2) is 249 Å². The number of nitrogens with zero attached hydrogens (tertiary/aromatic N) is 5. The van der Waals surface area contributed by atoms with Crippen molar-refractivity contribution >= 4 is 38.9 Å². The van der Waals surface area contributed by atoms with Gasteiger partial charge in [-0.3, -0.25) is 4.57 Å². The van der Waals surface area contributed by atoms with Crippen LogP contribution in [0.4, 0.5) is 17.1 Å². The molecule has 0 aliphatic heterocycles. The molecule has 0 saturated heterocycles. The van der Waals surface area contributed by atoms with Crippen molar-refractivity contribution in [1.82, 2.24) is 19.3 Å². The number of fused-ring (bicyclic) bond motifs is 13. The highest BCUT2D eigenvalue weighted by atomic mass is 15.3. The Bertz CT molecular complexity index is 3790. The summed E-state index contributed by atoms with van der Waals surface area (Å²) in [7, 11) is 0. The molecule has 0 unspecified atom stereocenters. The van der Waals surface area contributed by atoms with Gasteiger partial charge in [-0.15, -0.1) is 10.2 Å². The zero-order valence-corrected chi connectivity index (χ0v) is 36.9. The maximum Gasteiger partial charge on any atom is 0.168 e. The van der Waals surface area contributed by atoms with Crippen LogP contribution in [0.1, 0.15) is 22.3 Å². The number of para-hydroxylation sites is 4. The zero-order chi connectivity index (χ0) is 44.8. The van der Waals surface area contributed by atoms with Crippen LogP contribution in [-0.2, 0) is 5.41 Å². The van der Waals surface area contributed by atoms with E-state index in [-0.39, 0.29) is 0 Å². The Morgan fingerprint density at radius 2 is 0.721 bits per heavy atom. The minimum absolute atomic E-state index is 0.457. The molecule has 2 heterocycles. The van der Waals surface area contributed by atoms with Crippen molar-refractivity contribution in [1.29, 1.82) is 0 Å². The van der Waals surface area contributed by atoms with Crippen molar-refractivity contribution in [3.63, 3.8) is 0 Å². The second-order valence-corrected chi connectivity index (χ2v) is 17.8. The SMILES string of the molecule is c1ccc(N(c2ccc(-c3nnc(-c4ccc5c(c4)C4(c6ccccc6-c6ccccc64)c4ccccc4-5)n3-c3ccccc3)cc2)c2ccc(-n3c4ccccc4c4ccccc43)cc2)cc1.